The van der Waals surface area contributed by atoms with Crippen molar-refractivity contribution < 1.29 is 23.0 Å². The van der Waals surface area contributed by atoms with Gasteiger partial charge in [-0.15, -0.1) is 0 Å². The summed E-state index contributed by atoms with van der Waals surface area (Å²) in [4.78, 5) is 13.7. The Bertz CT molecular complexity index is 1020. The molecule has 2 aromatic rings. The van der Waals surface area contributed by atoms with Crippen LogP contribution in [0.1, 0.15) is 42.1 Å². The Labute approximate surface area is 185 Å². The summed E-state index contributed by atoms with van der Waals surface area (Å²) >= 11 is 0. The van der Waals surface area contributed by atoms with E-state index in [0.717, 1.165) is 51.0 Å². The van der Waals surface area contributed by atoms with E-state index in [1.165, 1.54) is 6.07 Å². The van der Waals surface area contributed by atoms with Crippen LogP contribution in [0.15, 0.2) is 42.5 Å². The van der Waals surface area contributed by atoms with Crippen LogP contribution in [-0.4, -0.2) is 49.4 Å². The summed E-state index contributed by atoms with van der Waals surface area (Å²) < 4.78 is 38.8. The smallest absolute Gasteiger partial charge is 0.407 e. The molecule has 1 unspecified atom stereocenters. The third-order valence-electron chi connectivity index (χ3n) is 6.10. The summed E-state index contributed by atoms with van der Waals surface area (Å²) in [6, 6.07) is 12.8. The number of rotatable bonds is 7. The Balaban J connectivity index is 1.35. The number of hydrogen-bond acceptors (Lipinski definition) is 5. The van der Waals surface area contributed by atoms with Gasteiger partial charge in [-0.3, -0.25) is 0 Å². The molecule has 4 rings (SSSR count). The first-order chi connectivity index (χ1) is 15.5. The Morgan fingerprint density at radius 2 is 1.94 bits per heavy atom. The lowest BCUT2D eigenvalue weighted by molar-refractivity contribution is -0.00233. The number of piperidine rings is 1. The fraction of sp³-hybridized carbons (Fsp3) is 0.417. The Kier molecular flexibility index (Phi) is 6.68. The van der Waals surface area contributed by atoms with Crippen molar-refractivity contribution in [3.05, 3.63) is 70.8 Å². The standard InChI is InChI=1S/C24H25F2N3O3/c25-20-6-5-19(14-21(20)26)22(18-4-1-3-17(13-18)15-27)31-12-2-9-29-10-7-24(8-11-29)16-28-23(30)32-24/h1,3-6,13-14,22H,2,7-12,16H2,(H,28,30). The molecular formula is C24H25F2N3O3. The molecule has 1 amide bonds. The van der Waals surface area contributed by atoms with Gasteiger partial charge in [0.05, 0.1) is 18.2 Å². The van der Waals surface area contributed by atoms with Gasteiger partial charge in [-0.2, -0.15) is 5.26 Å². The van der Waals surface area contributed by atoms with Crippen molar-refractivity contribution in [1.29, 1.82) is 5.26 Å². The summed E-state index contributed by atoms with van der Waals surface area (Å²) in [7, 11) is 0. The average Bonchev–Trinajstić information content (AvgIpc) is 3.17. The van der Waals surface area contributed by atoms with E-state index in [9.17, 15) is 18.8 Å². The summed E-state index contributed by atoms with van der Waals surface area (Å²) in [6.45, 7) is 3.48. The van der Waals surface area contributed by atoms with Crippen LogP contribution in [-0.2, 0) is 9.47 Å². The van der Waals surface area contributed by atoms with Crippen LogP contribution in [0.5, 0.6) is 0 Å². The van der Waals surface area contributed by atoms with Crippen molar-refractivity contribution in [3.8, 4) is 6.07 Å². The Morgan fingerprint density at radius 1 is 1.16 bits per heavy atom. The number of nitrogens with one attached hydrogen (secondary N) is 1. The molecule has 2 aromatic carbocycles. The number of halogens is 2. The Hall–Kier alpha value is -3.02. The number of likely N-dealkylation sites (tertiary alicyclic amines) is 1. The Morgan fingerprint density at radius 3 is 2.62 bits per heavy atom. The zero-order chi connectivity index (χ0) is 22.6. The second-order valence-corrected chi connectivity index (χ2v) is 8.28. The first-order valence-electron chi connectivity index (χ1n) is 10.7. The second-order valence-electron chi connectivity index (χ2n) is 8.28. The molecule has 2 aliphatic rings. The van der Waals surface area contributed by atoms with Gasteiger partial charge in [0.2, 0.25) is 0 Å². The highest BCUT2D eigenvalue weighted by atomic mass is 19.2. The molecule has 0 bridgehead atoms. The number of ether oxygens (including phenoxy) is 2. The number of hydrogen-bond donors (Lipinski definition) is 1. The minimum atomic E-state index is -0.933. The van der Waals surface area contributed by atoms with E-state index in [2.05, 4.69) is 16.3 Å². The van der Waals surface area contributed by atoms with Crippen molar-refractivity contribution in [1.82, 2.24) is 10.2 Å². The number of nitriles is 1. The molecule has 32 heavy (non-hydrogen) atoms. The van der Waals surface area contributed by atoms with Crippen molar-refractivity contribution in [2.75, 3.05) is 32.8 Å². The zero-order valence-corrected chi connectivity index (χ0v) is 17.7. The molecule has 2 fully saturated rings. The lowest BCUT2D eigenvalue weighted by Gasteiger charge is -2.37. The van der Waals surface area contributed by atoms with E-state index in [0.29, 0.717) is 29.8 Å². The highest BCUT2D eigenvalue weighted by Gasteiger charge is 2.42. The second kappa shape index (κ2) is 9.63. The predicted molar refractivity (Wildman–Crippen MR) is 113 cm³/mol. The minimum absolute atomic E-state index is 0.337. The van der Waals surface area contributed by atoms with Gasteiger partial charge in [-0.1, -0.05) is 18.2 Å². The largest absolute Gasteiger partial charge is 0.441 e. The van der Waals surface area contributed by atoms with Crippen molar-refractivity contribution in [2.24, 2.45) is 0 Å². The molecule has 8 heteroatoms. The topological polar surface area (TPSA) is 74.6 Å². The van der Waals surface area contributed by atoms with E-state index >= 15 is 0 Å². The van der Waals surface area contributed by atoms with E-state index in [-0.39, 0.29) is 11.7 Å². The van der Waals surface area contributed by atoms with E-state index in [1.54, 1.807) is 18.2 Å². The van der Waals surface area contributed by atoms with E-state index < -0.39 is 17.7 Å². The molecule has 0 radical (unpaired) electrons. The van der Waals surface area contributed by atoms with Gasteiger partial charge >= 0.3 is 6.09 Å². The van der Waals surface area contributed by atoms with Crippen LogP contribution >= 0.6 is 0 Å². The van der Waals surface area contributed by atoms with E-state index in [1.807, 2.05) is 6.07 Å². The van der Waals surface area contributed by atoms with Crippen LogP contribution in [0.2, 0.25) is 0 Å². The van der Waals surface area contributed by atoms with Crippen molar-refractivity contribution in [2.45, 2.75) is 31.0 Å². The lowest BCUT2D eigenvalue weighted by Crippen LogP contribution is -2.46. The number of nitrogens with zero attached hydrogens (tertiary/aromatic N) is 2. The van der Waals surface area contributed by atoms with Gasteiger partial charge in [-0.05, 0) is 41.8 Å². The monoisotopic (exact) mass is 441 g/mol. The van der Waals surface area contributed by atoms with Crippen LogP contribution in [0, 0.1) is 23.0 Å². The predicted octanol–water partition coefficient (Wildman–Crippen LogP) is 3.91. The van der Waals surface area contributed by atoms with Gasteiger partial charge in [0.15, 0.2) is 11.6 Å². The molecule has 6 nitrogen and oxygen atoms in total. The SMILES string of the molecule is N#Cc1cccc(C(OCCCN2CCC3(CC2)CNC(=O)O3)c2ccc(F)c(F)c2)c1. The third-order valence-corrected chi connectivity index (χ3v) is 6.10. The van der Waals surface area contributed by atoms with Crippen LogP contribution in [0.3, 0.4) is 0 Å². The van der Waals surface area contributed by atoms with E-state index in [4.69, 9.17) is 9.47 Å². The average molecular weight is 441 g/mol. The van der Waals surface area contributed by atoms with Crippen LogP contribution in [0.25, 0.3) is 0 Å². The maximum Gasteiger partial charge on any atom is 0.407 e. The van der Waals surface area contributed by atoms with Gasteiger partial charge in [0.1, 0.15) is 11.7 Å². The lowest BCUT2D eigenvalue weighted by atomic mass is 9.91. The molecule has 0 saturated carbocycles. The molecule has 0 aromatic heterocycles. The molecule has 1 N–H and O–H groups in total. The summed E-state index contributed by atoms with van der Waals surface area (Å²) in [5, 5.41) is 11.9. The molecule has 1 atom stereocenters. The zero-order valence-electron chi connectivity index (χ0n) is 17.7. The molecule has 0 aliphatic carbocycles. The van der Waals surface area contributed by atoms with Crippen molar-refractivity contribution in [3.63, 3.8) is 0 Å². The normalized spacial score (nSPS) is 18.7. The first-order valence-corrected chi connectivity index (χ1v) is 10.7. The highest BCUT2D eigenvalue weighted by molar-refractivity contribution is 5.70. The number of amides is 1. The third kappa shape index (κ3) is 5.06. The molecule has 168 valence electrons. The van der Waals surface area contributed by atoms with Crippen LogP contribution < -0.4 is 5.32 Å². The minimum Gasteiger partial charge on any atom is -0.441 e. The van der Waals surface area contributed by atoms with Gasteiger partial charge in [0, 0.05) is 39.1 Å². The highest BCUT2D eigenvalue weighted by Crippen LogP contribution is 2.30. The fourth-order valence-corrected chi connectivity index (χ4v) is 4.29. The quantitative estimate of drug-likeness (QED) is 0.660. The van der Waals surface area contributed by atoms with Gasteiger partial charge < -0.3 is 19.7 Å². The van der Waals surface area contributed by atoms with Gasteiger partial charge in [0.25, 0.3) is 0 Å². The number of benzene rings is 2. The number of carbonyl (C=O) groups is 1. The molecule has 2 saturated heterocycles. The molecule has 2 heterocycles. The molecular weight excluding hydrogens is 416 g/mol. The summed E-state index contributed by atoms with van der Waals surface area (Å²) in [6.07, 6.45) is 1.40. The first kappa shape index (κ1) is 22.2. The number of alkyl carbamates (subject to hydrolysis) is 1. The van der Waals surface area contributed by atoms with Crippen molar-refractivity contribution >= 4 is 6.09 Å². The summed E-state index contributed by atoms with van der Waals surface area (Å²) in [5.74, 6) is -1.85. The molecule has 1 spiro atoms. The maximum atomic E-state index is 13.9. The fourth-order valence-electron chi connectivity index (χ4n) is 4.29. The molecule has 2 aliphatic heterocycles. The maximum absolute atomic E-state index is 13.9. The number of carbonyl (C=O) groups excluding carboxylic acids is 1. The van der Waals surface area contributed by atoms with Gasteiger partial charge in [-0.25, -0.2) is 13.6 Å². The van der Waals surface area contributed by atoms with Crippen LogP contribution in [0.4, 0.5) is 13.6 Å². The summed E-state index contributed by atoms with van der Waals surface area (Å²) in [5.41, 5.74) is 1.32.